The second kappa shape index (κ2) is 6.58. The van der Waals surface area contributed by atoms with E-state index in [1.54, 1.807) is 20.8 Å². The monoisotopic (exact) mass is 293 g/mol. The molecule has 0 atom stereocenters. The molecule has 1 N–H and O–H groups in total. The maximum absolute atomic E-state index is 12.4. The third-order valence-corrected chi connectivity index (χ3v) is 2.82. The summed E-state index contributed by atoms with van der Waals surface area (Å²) in [6.07, 6.45) is -1.32. The zero-order valence-corrected chi connectivity index (χ0v) is 12.9. The van der Waals surface area contributed by atoms with Crippen LogP contribution < -0.4 is 0 Å². The Labute approximate surface area is 125 Å². The van der Waals surface area contributed by atoms with Gasteiger partial charge in [-0.3, -0.25) is 9.80 Å². The van der Waals surface area contributed by atoms with Crippen molar-refractivity contribution >= 4 is 12.1 Å². The Kier molecular flexibility index (Phi) is 5.32. The predicted octanol–water partition coefficient (Wildman–Crippen LogP) is 2.15. The molecule has 1 saturated heterocycles. The highest BCUT2D eigenvalue weighted by Crippen LogP contribution is 2.20. The topological polar surface area (TPSA) is 64.1 Å². The van der Waals surface area contributed by atoms with Crippen LogP contribution in [0.5, 0.6) is 0 Å². The summed E-state index contributed by atoms with van der Waals surface area (Å²) in [5.41, 5.74) is 2.10. The number of rotatable bonds is 6. The van der Waals surface area contributed by atoms with Crippen LogP contribution in [0.3, 0.4) is 0 Å². The van der Waals surface area contributed by atoms with Gasteiger partial charge in [0.05, 0.1) is 6.54 Å². The number of nitrogens with zero attached hydrogens (tertiary/aromatic N) is 3. The second-order valence-corrected chi connectivity index (χ2v) is 5.62. The SMILES string of the molecule is C=C(C)CN1C(=O)N(CC(=C)C)C(O)N(CC(=C)C)C1=O. The first kappa shape index (κ1) is 17.0. The van der Waals surface area contributed by atoms with Gasteiger partial charge in [0.1, 0.15) is 0 Å². The van der Waals surface area contributed by atoms with Gasteiger partial charge in [-0.25, -0.2) is 14.5 Å². The van der Waals surface area contributed by atoms with Crippen LogP contribution in [-0.4, -0.2) is 57.9 Å². The summed E-state index contributed by atoms with van der Waals surface area (Å²) < 4.78 is 0. The van der Waals surface area contributed by atoms with Crippen LogP contribution in [0, 0.1) is 0 Å². The average molecular weight is 293 g/mol. The number of amides is 4. The van der Waals surface area contributed by atoms with Gasteiger partial charge in [-0.05, 0) is 20.8 Å². The van der Waals surface area contributed by atoms with E-state index in [-0.39, 0.29) is 19.6 Å². The Morgan fingerprint density at radius 2 is 1.24 bits per heavy atom. The largest absolute Gasteiger partial charge is 0.356 e. The second-order valence-electron chi connectivity index (χ2n) is 5.62. The van der Waals surface area contributed by atoms with Crippen molar-refractivity contribution in [3.05, 3.63) is 36.5 Å². The Hall–Kier alpha value is -2.08. The first-order valence-corrected chi connectivity index (χ1v) is 6.65. The van der Waals surface area contributed by atoms with Crippen molar-refractivity contribution in [1.82, 2.24) is 14.7 Å². The summed E-state index contributed by atoms with van der Waals surface area (Å²) in [6.45, 7) is 16.9. The molecular weight excluding hydrogens is 270 g/mol. The van der Waals surface area contributed by atoms with Gasteiger partial charge >= 0.3 is 12.1 Å². The van der Waals surface area contributed by atoms with Gasteiger partial charge in [-0.1, -0.05) is 36.5 Å². The molecule has 0 saturated carbocycles. The average Bonchev–Trinajstić information content (AvgIpc) is 2.35. The molecule has 116 valence electrons. The molecule has 6 nitrogen and oxygen atoms in total. The molecular formula is C15H23N3O3. The van der Waals surface area contributed by atoms with E-state index >= 15 is 0 Å². The fourth-order valence-electron chi connectivity index (χ4n) is 2.04. The van der Waals surface area contributed by atoms with E-state index in [2.05, 4.69) is 19.7 Å². The van der Waals surface area contributed by atoms with Gasteiger partial charge in [-0.2, -0.15) is 0 Å². The van der Waals surface area contributed by atoms with Crippen LogP contribution >= 0.6 is 0 Å². The summed E-state index contributed by atoms with van der Waals surface area (Å²) >= 11 is 0. The molecule has 1 aliphatic heterocycles. The third-order valence-electron chi connectivity index (χ3n) is 2.82. The van der Waals surface area contributed by atoms with Crippen LogP contribution in [0.2, 0.25) is 0 Å². The lowest BCUT2D eigenvalue weighted by molar-refractivity contribution is -0.0854. The Morgan fingerprint density at radius 1 is 0.905 bits per heavy atom. The van der Waals surface area contributed by atoms with Gasteiger partial charge in [0, 0.05) is 13.1 Å². The van der Waals surface area contributed by atoms with Gasteiger partial charge in [0.2, 0.25) is 6.35 Å². The number of hydrogen-bond acceptors (Lipinski definition) is 3. The predicted molar refractivity (Wildman–Crippen MR) is 81.4 cm³/mol. The number of carbonyl (C=O) groups excluding carboxylic acids is 2. The van der Waals surface area contributed by atoms with Crippen LogP contribution in [0.4, 0.5) is 9.59 Å². The lowest BCUT2D eigenvalue weighted by Gasteiger charge is -2.44. The van der Waals surface area contributed by atoms with Crippen molar-refractivity contribution in [3.63, 3.8) is 0 Å². The quantitative estimate of drug-likeness (QED) is 0.763. The minimum Gasteiger partial charge on any atom is -0.356 e. The van der Waals surface area contributed by atoms with Crippen LogP contribution in [0.1, 0.15) is 20.8 Å². The van der Waals surface area contributed by atoms with Gasteiger partial charge < -0.3 is 5.11 Å². The van der Waals surface area contributed by atoms with Crippen LogP contribution in [0.25, 0.3) is 0 Å². The smallest absolute Gasteiger partial charge is 0.332 e. The maximum atomic E-state index is 12.4. The highest BCUT2D eigenvalue weighted by molar-refractivity contribution is 5.96. The summed E-state index contributed by atoms with van der Waals surface area (Å²) in [6, 6.07) is -1.09. The number of hydrogen-bond donors (Lipinski definition) is 1. The van der Waals surface area contributed by atoms with Gasteiger partial charge in [-0.15, -0.1) is 0 Å². The van der Waals surface area contributed by atoms with Crippen molar-refractivity contribution < 1.29 is 14.7 Å². The lowest BCUT2D eigenvalue weighted by Crippen LogP contribution is -2.66. The minimum atomic E-state index is -1.32. The summed E-state index contributed by atoms with van der Waals surface area (Å²) in [7, 11) is 0. The number of urea groups is 2. The first-order chi connectivity index (χ1) is 9.65. The number of aliphatic hydroxyl groups excluding tert-OH is 1. The molecule has 1 rings (SSSR count). The van der Waals surface area contributed by atoms with Crippen LogP contribution in [-0.2, 0) is 0 Å². The van der Waals surface area contributed by atoms with Gasteiger partial charge in [0.25, 0.3) is 0 Å². The van der Waals surface area contributed by atoms with E-state index in [4.69, 9.17) is 0 Å². The molecule has 6 heteroatoms. The van der Waals surface area contributed by atoms with E-state index < -0.39 is 18.4 Å². The fourth-order valence-corrected chi connectivity index (χ4v) is 2.04. The summed E-state index contributed by atoms with van der Waals surface area (Å²) in [5, 5.41) is 10.3. The van der Waals surface area contributed by atoms with Crippen molar-refractivity contribution in [2.45, 2.75) is 27.1 Å². The van der Waals surface area contributed by atoms with E-state index in [1.807, 2.05) is 0 Å². The maximum Gasteiger partial charge on any atom is 0.332 e. The fraction of sp³-hybridized carbons (Fsp3) is 0.467. The van der Waals surface area contributed by atoms with Gasteiger partial charge in [0.15, 0.2) is 0 Å². The van der Waals surface area contributed by atoms with E-state index in [1.165, 1.54) is 9.80 Å². The molecule has 4 amide bonds. The van der Waals surface area contributed by atoms with E-state index in [0.717, 1.165) is 4.90 Å². The summed E-state index contributed by atoms with van der Waals surface area (Å²) in [4.78, 5) is 28.3. The first-order valence-electron chi connectivity index (χ1n) is 6.65. The third kappa shape index (κ3) is 3.95. The van der Waals surface area contributed by atoms with Crippen molar-refractivity contribution in [1.29, 1.82) is 0 Å². The van der Waals surface area contributed by atoms with Crippen LogP contribution in [0.15, 0.2) is 36.5 Å². The molecule has 0 unspecified atom stereocenters. The van der Waals surface area contributed by atoms with E-state index in [0.29, 0.717) is 16.7 Å². The molecule has 0 aromatic carbocycles. The lowest BCUT2D eigenvalue weighted by atomic mass is 10.2. The molecule has 0 aromatic heterocycles. The Balaban J connectivity index is 3.13. The van der Waals surface area contributed by atoms with Crippen molar-refractivity contribution in [2.75, 3.05) is 19.6 Å². The highest BCUT2D eigenvalue weighted by Gasteiger charge is 2.42. The zero-order chi connectivity index (χ0) is 16.3. The van der Waals surface area contributed by atoms with Crippen molar-refractivity contribution in [2.24, 2.45) is 0 Å². The summed E-state index contributed by atoms with van der Waals surface area (Å²) in [5.74, 6) is 0. The molecule has 1 fully saturated rings. The zero-order valence-electron chi connectivity index (χ0n) is 12.9. The standard InChI is InChI=1S/C15H23N3O3/c1-10(2)7-16-13(19)17(8-11(3)4)15(21)18(14(16)20)9-12(5)6/h13,19H,1,3,5,7-9H2,2,4,6H3. The molecule has 21 heavy (non-hydrogen) atoms. The molecule has 1 aliphatic rings. The molecule has 0 radical (unpaired) electrons. The molecule has 0 aromatic rings. The normalized spacial score (nSPS) is 16.5. The highest BCUT2D eigenvalue weighted by atomic mass is 16.3. The Morgan fingerprint density at radius 3 is 1.52 bits per heavy atom. The number of carbonyl (C=O) groups is 2. The van der Waals surface area contributed by atoms with E-state index in [9.17, 15) is 14.7 Å². The Bertz CT molecular complexity index is 462. The molecule has 0 spiro atoms. The van der Waals surface area contributed by atoms with Crippen molar-refractivity contribution in [3.8, 4) is 0 Å². The number of imide groups is 1. The molecule has 0 bridgehead atoms. The minimum absolute atomic E-state index is 0.115. The molecule has 1 heterocycles. The molecule has 0 aliphatic carbocycles. The number of aliphatic hydroxyl groups is 1.